The van der Waals surface area contributed by atoms with Gasteiger partial charge in [-0.05, 0) is 42.0 Å². The SMILES string of the molecule is COC(=O)Cc1ccc(NC(=S)NNC(=O)c2cccnc2)cc1. The van der Waals surface area contributed by atoms with E-state index in [0.717, 1.165) is 11.3 Å². The molecule has 0 atom stereocenters. The fourth-order valence-electron chi connectivity index (χ4n) is 1.79. The first-order chi connectivity index (χ1) is 11.6. The van der Waals surface area contributed by atoms with E-state index in [1.54, 1.807) is 42.6 Å². The number of thiocarbonyl (C=S) groups is 1. The summed E-state index contributed by atoms with van der Waals surface area (Å²) in [5.41, 5.74) is 7.04. The minimum Gasteiger partial charge on any atom is -0.469 e. The predicted molar refractivity (Wildman–Crippen MR) is 93.2 cm³/mol. The lowest BCUT2D eigenvalue weighted by Crippen LogP contribution is -2.43. The summed E-state index contributed by atoms with van der Waals surface area (Å²) in [4.78, 5) is 26.9. The van der Waals surface area contributed by atoms with Crippen molar-refractivity contribution in [3.8, 4) is 0 Å². The van der Waals surface area contributed by atoms with E-state index in [1.165, 1.54) is 13.3 Å². The minimum atomic E-state index is -0.347. The Morgan fingerprint density at radius 3 is 2.54 bits per heavy atom. The number of nitrogens with one attached hydrogen (secondary N) is 3. The quantitative estimate of drug-likeness (QED) is 0.439. The van der Waals surface area contributed by atoms with Crippen LogP contribution in [-0.2, 0) is 16.0 Å². The molecule has 0 aliphatic carbocycles. The van der Waals surface area contributed by atoms with Crippen LogP contribution in [0.3, 0.4) is 0 Å². The van der Waals surface area contributed by atoms with Gasteiger partial charge in [-0.3, -0.25) is 25.4 Å². The van der Waals surface area contributed by atoms with Crippen molar-refractivity contribution in [3.05, 3.63) is 59.9 Å². The number of hydrazine groups is 1. The van der Waals surface area contributed by atoms with Gasteiger partial charge in [0, 0.05) is 18.1 Å². The molecule has 0 fully saturated rings. The number of amides is 1. The molecule has 0 aliphatic heterocycles. The second kappa shape index (κ2) is 8.59. The Bertz CT molecular complexity index is 720. The molecule has 1 aromatic heterocycles. The van der Waals surface area contributed by atoms with E-state index in [4.69, 9.17) is 12.2 Å². The molecule has 0 aliphatic rings. The molecule has 2 rings (SSSR count). The summed E-state index contributed by atoms with van der Waals surface area (Å²) in [6.45, 7) is 0. The lowest BCUT2D eigenvalue weighted by molar-refractivity contribution is -0.139. The Labute approximate surface area is 144 Å². The normalized spacial score (nSPS) is 9.71. The lowest BCUT2D eigenvalue weighted by Gasteiger charge is -2.12. The average molecular weight is 344 g/mol. The van der Waals surface area contributed by atoms with Gasteiger partial charge in [-0.15, -0.1) is 0 Å². The molecular formula is C16H16N4O3S. The van der Waals surface area contributed by atoms with Crippen molar-refractivity contribution in [2.75, 3.05) is 12.4 Å². The fraction of sp³-hybridized carbons (Fsp3) is 0.125. The van der Waals surface area contributed by atoms with Crippen LogP contribution >= 0.6 is 12.2 Å². The number of methoxy groups -OCH3 is 1. The van der Waals surface area contributed by atoms with Gasteiger partial charge in [0.05, 0.1) is 19.1 Å². The molecule has 7 nitrogen and oxygen atoms in total. The summed E-state index contributed by atoms with van der Waals surface area (Å²) in [5.74, 6) is -0.647. The third-order valence-electron chi connectivity index (χ3n) is 3.00. The summed E-state index contributed by atoms with van der Waals surface area (Å²) in [6.07, 6.45) is 3.24. The number of anilines is 1. The molecule has 24 heavy (non-hydrogen) atoms. The molecule has 8 heteroatoms. The van der Waals surface area contributed by atoms with Crippen molar-refractivity contribution >= 4 is 34.9 Å². The van der Waals surface area contributed by atoms with E-state index in [9.17, 15) is 9.59 Å². The highest BCUT2D eigenvalue weighted by atomic mass is 32.1. The zero-order valence-corrected chi connectivity index (χ0v) is 13.7. The lowest BCUT2D eigenvalue weighted by atomic mass is 10.1. The first-order valence-electron chi connectivity index (χ1n) is 7.01. The minimum absolute atomic E-state index is 0.209. The summed E-state index contributed by atoms with van der Waals surface area (Å²) >= 11 is 5.10. The number of esters is 1. The number of aromatic nitrogens is 1. The van der Waals surface area contributed by atoms with Gasteiger partial charge in [0.25, 0.3) is 5.91 Å². The van der Waals surface area contributed by atoms with Crippen LogP contribution in [0.25, 0.3) is 0 Å². The van der Waals surface area contributed by atoms with Crippen LogP contribution in [0.4, 0.5) is 5.69 Å². The molecule has 1 amide bonds. The van der Waals surface area contributed by atoms with Crippen molar-refractivity contribution < 1.29 is 14.3 Å². The average Bonchev–Trinajstić information content (AvgIpc) is 2.62. The van der Waals surface area contributed by atoms with E-state index in [0.29, 0.717) is 5.56 Å². The number of carbonyl (C=O) groups excluding carboxylic acids is 2. The second-order valence-electron chi connectivity index (χ2n) is 4.72. The Morgan fingerprint density at radius 1 is 1.17 bits per heavy atom. The zero-order chi connectivity index (χ0) is 17.4. The zero-order valence-electron chi connectivity index (χ0n) is 12.9. The molecule has 3 N–H and O–H groups in total. The van der Waals surface area contributed by atoms with Gasteiger partial charge in [-0.2, -0.15) is 0 Å². The monoisotopic (exact) mass is 344 g/mol. The molecule has 0 bridgehead atoms. The highest BCUT2D eigenvalue weighted by molar-refractivity contribution is 7.80. The molecular weight excluding hydrogens is 328 g/mol. The molecule has 0 saturated carbocycles. The third kappa shape index (κ3) is 5.33. The predicted octanol–water partition coefficient (Wildman–Crippen LogP) is 1.43. The molecule has 0 radical (unpaired) electrons. The standard InChI is InChI=1S/C16H16N4O3S/c1-23-14(21)9-11-4-6-13(7-5-11)18-16(24)20-19-15(22)12-3-2-8-17-10-12/h2-8,10H,9H2,1H3,(H,19,22)(H2,18,20,24). The number of pyridine rings is 1. The van der Waals surface area contributed by atoms with E-state index >= 15 is 0 Å². The van der Waals surface area contributed by atoms with Crippen molar-refractivity contribution in [1.82, 2.24) is 15.8 Å². The second-order valence-corrected chi connectivity index (χ2v) is 5.13. The topological polar surface area (TPSA) is 92.4 Å². The van der Waals surface area contributed by atoms with Crippen LogP contribution in [0.5, 0.6) is 0 Å². The van der Waals surface area contributed by atoms with E-state index < -0.39 is 0 Å². The summed E-state index contributed by atoms with van der Waals surface area (Å²) in [5, 5.41) is 3.15. The number of carbonyl (C=O) groups is 2. The van der Waals surface area contributed by atoms with Crippen molar-refractivity contribution in [3.63, 3.8) is 0 Å². The van der Waals surface area contributed by atoms with Crippen LogP contribution in [0.15, 0.2) is 48.8 Å². The number of rotatable bonds is 4. The fourth-order valence-corrected chi connectivity index (χ4v) is 1.96. The molecule has 1 heterocycles. The highest BCUT2D eigenvalue weighted by Crippen LogP contribution is 2.10. The number of nitrogens with zero attached hydrogens (tertiary/aromatic N) is 1. The molecule has 124 valence electrons. The Balaban J connectivity index is 1.82. The number of hydrogen-bond donors (Lipinski definition) is 3. The van der Waals surface area contributed by atoms with Crippen LogP contribution < -0.4 is 16.2 Å². The molecule has 0 spiro atoms. The molecule has 0 saturated heterocycles. The van der Waals surface area contributed by atoms with Gasteiger partial charge < -0.3 is 10.1 Å². The Kier molecular flexibility index (Phi) is 6.21. The molecule has 2 aromatic rings. The summed E-state index contributed by atoms with van der Waals surface area (Å²) in [6, 6.07) is 10.4. The van der Waals surface area contributed by atoms with Gasteiger partial charge >= 0.3 is 5.97 Å². The van der Waals surface area contributed by atoms with Crippen molar-refractivity contribution in [1.29, 1.82) is 0 Å². The Hall–Kier alpha value is -3.00. The number of ether oxygens (including phenoxy) is 1. The first-order valence-corrected chi connectivity index (χ1v) is 7.42. The van der Waals surface area contributed by atoms with Gasteiger partial charge in [0.15, 0.2) is 5.11 Å². The number of hydrogen-bond acceptors (Lipinski definition) is 5. The maximum absolute atomic E-state index is 11.8. The maximum Gasteiger partial charge on any atom is 0.309 e. The smallest absolute Gasteiger partial charge is 0.309 e. The maximum atomic E-state index is 11.8. The highest BCUT2D eigenvalue weighted by Gasteiger charge is 2.06. The van der Waals surface area contributed by atoms with E-state index in [-0.39, 0.29) is 23.4 Å². The van der Waals surface area contributed by atoms with E-state index in [2.05, 4.69) is 25.9 Å². The number of benzene rings is 1. The molecule has 1 aromatic carbocycles. The third-order valence-corrected chi connectivity index (χ3v) is 3.21. The van der Waals surface area contributed by atoms with Gasteiger partial charge in [-0.25, -0.2) is 0 Å². The van der Waals surface area contributed by atoms with Crippen LogP contribution in [0, 0.1) is 0 Å². The van der Waals surface area contributed by atoms with Gasteiger partial charge in [0.2, 0.25) is 0 Å². The summed E-state index contributed by atoms with van der Waals surface area (Å²) < 4.78 is 4.61. The van der Waals surface area contributed by atoms with Crippen molar-refractivity contribution in [2.45, 2.75) is 6.42 Å². The first kappa shape index (κ1) is 17.4. The Morgan fingerprint density at radius 2 is 1.92 bits per heavy atom. The van der Waals surface area contributed by atoms with E-state index in [1.807, 2.05) is 0 Å². The van der Waals surface area contributed by atoms with Gasteiger partial charge in [-0.1, -0.05) is 12.1 Å². The van der Waals surface area contributed by atoms with Crippen LogP contribution in [0.2, 0.25) is 0 Å². The van der Waals surface area contributed by atoms with Gasteiger partial charge in [0.1, 0.15) is 0 Å². The largest absolute Gasteiger partial charge is 0.469 e. The van der Waals surface area contributed by atoms with Crippen LogP contribution in [-0.4, -0.2) is 29.1 Å². The molecule has 0 unspecified atom stereocenters. The summed E-state index contributed by atoms with van der Waals surface area (Å²) in [7, 11) is 1.35. The van der Waals surface area contributed by atoms with Crippen molar-refractivity contribution in [2.24, 2.45) is 0 Å². The van der Waals surface area contributed by atoms with Crippen LogP contribution in [0.1, 0.15) is 15.9 Å².